The number of para-hydroxylation sites is 1. The first-order valence-corrected chi connectivity index (χ1v) is 10.3. The van der Waals surface area contributed by atoms with Crippen molar-refractivity contribution in [1.29, 1.82) is 0 Å². The van der Waals surface area contributed by atoms with Gasteiger partial charge in [0.1, 0.15) is 0 Å². The SMILES string of the molecule is CCN(CC)CCn1c(=O)n(-c2c(Cl)cccc2Cl)c2c(Cl)cc(C(=O)O)cc21. The molecule has 154 valence electrons. The number of carbonyl (C=O) groups is 1. The first-order valence-electron chi connectivity index (χ1n) is 9.14. The number of likely N-dealkylation sites (N-methyl/N-ethyl adjacent to an activating group) is 1. The number of aromatic carboxylic acids is 1. The van der Waals surface area contributed by atoms with E-state index in [2.05, 4.69) is 4.90 Å². The topological polar surface area (TPSA) is 67.5 Å². The highest BCUT2D eigenvalue weighted by molar-refractivity contribution is 6.38. The smallest absolute Gasteiger partial charge is 0.335 e. The van der Waals surface area contributed by atoms with Crippen LogP contribution in [-0.4, -0.2) is 44.7 Å². The zero-order valence-corrected chi connectivity index (χ0v) is 18.2. The Bertz CT molecular complexity index is 1110. The molecular formula is C20H20Cl3N3O3. The van der Waals surface area contributed by atoms with E-state index >= 15 is 0 Å². The lowest BCUT2D eigenvalue weighted by atomic mass is 10.2. The molecule has 0 amide bonds. The maximum atomic E-state index is 13.4. The quantitative estimate of drug-likeness (QED) is 0.555. The third kappa shape index (κ3) is 4.03. The summed E-state index contributed by atoms with van der Waals surface area (Å²) in [5.41, 5.74) is 0.727. The number of halogens is 3. The van der Waals surface area contributed by atoms with Crippen LogP contribution in [0.5, 0.6) is 0 Å². The molecule has 0 spiro atoms. The van der Waals surface area contributed by atoms with E-state index in [1.54, 1.807) is 18.2 Å². The number of hydrogen-bond donors (Lipinski definition) is 1. The first-order chi connectivity index (χ1) is 13.8. The van der Waals surface area contributed by atoms with Gasteiger partial charge in [-0.15, -0.1) is 0 Å². The molecule has 9 heteroatoms. The molecule has 2 aromatic carbocycles. The van der Waals surface area contributed by atoms with Crippen molar-refractivity contribution in [3.05, 3.63) is 61.4 Å². The number of hydrogen-bond acceptors (Lipinski definition) is 3. The van der Waals surface area contributed by atoms with Crippen LogP contribution in [0.4, 0.5) is 0 Å². The molecule has 0 unspecified atom stereocenters. The van der Waals surface area contributed by atoms with Crippen molar-refractivity contribution >= 4 is 51.8 Å². The van der Waals surface area contributed by atoms with Crippen LogP contribution in [0.25, 0.3) is 16.7 Å². The van der Waals surface area contributed by atoms with E-state index in [9.17, 15) is 14.7 Å². The molecule has 29 heavy (non-hydrogen) atoms. The van der Waals surface area contributed by atoms with Crippen molar-refractivity contribution in [3.63, 3.8) is 0 Å². The van der Waals surface area contributed by atoms with Gasteiger partial charge in [-0.1, -0.05) is 54.7 Å². The molecular weight excluding hydrogens is 437 g/mol. The fraction of sp³-hybridized carbons (Fsp3) is 0.300. The van der Waals surface area contributed by atoms with Gasteiger partial charge in [-0.25, -0.2) is 9.59 Å². The largest absolute Gasteiger partial charge is 0.478 e. The Labute approximate surface area is 182 Å². The lowest BCUT2D eigenvalue weighted by molar-refractivity contribution is 0.0697. The average molecular weight is 457 g/mol. The molecule has 1 aromatic heterocycles. The van der Waals surface area contributed by atoms with Crippen LogP contribution in [0.15, 0.2) is 35.1 Å². The molecule has 0 bridgehead atoms. The third-order valence-electron chi connectivity index (χ3n) is 4.92. The molecule has 0 atom stereocenters. The minimum atomic E-state index is -1.12. The fourth-order valence-corrected chi connectivity index (χ4v) is 4.23. The van der Waals surface area contributed by atoms with Gasteiger partial charge in [0, 0.05) is 13.1 Å². The lowest BCUT2D eigenvalue weighted by Gasteiger charge is -2.18. The average Bonchev–Trinajstić information content (AvgIpc) is 2.95. The summed E-state index contributed by atoms with van der Waals surface area (Å²) in [5, 5.41) is 10.2. The minimum Gasteiger partial charge on any atom is -0.478 e. The fourth-order valence-electron chi connectivity index (χ4n) is 3.36. The Kier molecular flexibility index (Phi) is 6.58. The molecule has 1 N–H and O–H groups in total. The second-order valence-corrected chi connectivity index (χ2v) is 7.72. The standard InChI is InChI=1S/C20H20Cl3N3O3/c1-3-24(4-2)8-9-25-16-11-12(19(27)28)10-15(23)18(16)26(20(25)29)17-13(21)6-5-7-14(17)22/h5-7,10-11H,3-4,8-9H2,1-2H3,(H,27,28). The van der Waals surface area contributed by atoms with Gasteiger partial charge in [0.25, 0.3) is 0 Å². The molecule has 3 rings (SSSR count). The van der Waals surface area contributed by atoms with Gasteiger partial charge in [-0.3, -0.25) is 9.13 Å². The van der Waals surface area contributed by atoms with Crippen molar-refractivity contribution < 1.29 is 9.90 Å². The Balaban J connectivity index is 2.34. The highest BCUT2D eigenvalue weighted by Crippen LogP contribution is 2.33. The Morgan fingerprint density at radius 1 is 1.07 bits per heavy atom. The van der Waals surface area contributed by atoms with Crippen LogP contribution in [0.1, 0.15) is 24.2 Å². The summed E-state index contributed by atoms with van der Waals surface area (Å²) >= 11 is 19.1. The predicted molar refractivity (Wildman–Crippen MR) is 117 cm³/mol. The van der Waals surface area contributed by atoms with Crippen LogP contribution in [-0.2, 0) is 6.54 Å². The summed E-state index contributed by atoms with van der Waals surface area (Å²) in [4.78, 5) is 27.1. The summed E-state index contributed by atoms with van der Waals surface area (Å²) in [7, 11) is 0. The summed E-state index contributed by atoms with van der Waals surface area (Å²) in [6, 6.07) is 7.72. The number of aromatic nitrogens is 2. The van der Waals surface area contributed by atoms with E-state index in [1.165, 1.54) is 21.3 Å². The number of carboxylic acids is 1. The van der Waals surface area contributed by atoms with Gasteiger partial charge < -0.3 is 10.0 Å². The van der Waals surface area contributed by atoms with Crippen LogP contribution in [0, 0.1) is 0 Å². The van der Waals surface area contributed by atoms with E-state index < -0.39 is 5.97 Å². The molecule has 0 aliphatic carbocycles. The van der Waals surface area contributed by atoms with Crippen molar-refractivity contribution in [2.75, 3.05) is 19.6 Å². The van der Waals surface area contributed by atoms with Crippen molar-refractivity contribution in [1.82, 2.24) is 14.0 Å². The van der Waals surface area contributed by atoms with Crippen LogP contribution in [0.2, 0.25) is 15.1 Å². The monoisotopic (exact) mass is 455 g/mol. The second-order valence-electron chi connectivity index (χ2n) is 6.50. The molecule has 0 fully saturated rings. The Morgan fingerprint density at radius 2 is 1.69 bits per heavy atom. The van der Waals surface area contributed by atoms with Crippen LogP contribution >= 0.6 is 34.8 Å². The number of imidazole rings is 1. The Hall–Kier alpha value is -1.99. The summed E-state index contributed by atoms with van der Waals surface area (Å²) in [6.45, 7) is 6.74. The predicted octanol–water partition coefficient (Wildman–Crippen LogP) is 4.79. The summed E-state index contributed by atoms with van der Waals surface area (Å²) in [5.74, 6) is -1.12. The van der Waals surface area contributed by atoms with E-state index in [0.29, 0.717) is 39.9 Å². The van der Waals surface area contributed by atoms with E-state index in [4.69, 9.17) is 34.8 Å². The third-order valence-corrected chi connectivity index (χ3v) is 5.82. The van der Waals surface area contributed by atoms with E-state index in [-0.39, 0.29) is 16.3 Å². The molecule has 6 nitrogen and oxygen atoms in total. The van der Waals surface area contributed by atoms with Gasteiger partial charge in [-0.2, -0.15) is 0 Å². The zero-order chi connectivity index (χ0) is 21.3. The van der Waals surface area contributed by atoms with Crippen molar-refractivity contribution in [2.45, 2.75) is 20.4 Å². The molecule has 0 aliphatic rings. The number of nitrogens with zero attached hydrogens (tertiary/aromatic N) is 3. The van der Waals surface area contributed by atoms with Crippen LogP contribution < -0.4 is 5.69 Å². The molecule has 1 heterocycles. The number of rotatable bonds is 7. The van der Waals surface area contributed by atoms with E-state index in [1.807, 2.05) is 13.8 Å². The number of benzene rings is 2. The van der Waals surface area contributed by atoms with Gasteiger partial charge in [-0.05, 0) is 37.4 Å². The van der Waals surface area contributed by atoms with Crippen LogP contribution in [0.3, 0.4) is 0 Å². The molecule has 0 saturated carbocycles. The molecule has 0 aliphatic heterocycles. The Morgan fingerprint density at radius 3 is 2.24 bits per heavy atom. The molecule has 3 aromatic rings. The summed E-state index contributed by atoms with van der Waals surface area (Å²) < 4.78 is 2.88. The normalized spacial score (nSPS) is 11.5. The number of carboxylic acid groups (broad SMARTS) is 1. The van der Waals surface area contributed by atoms with Gasteiger partial charge in [0.15, 0.2) is 0 Å². The second kappa shape index (κ2) is 8.79. The van der Waals surface area contributed by atoms with Gasteiger partial charge in [0.05, 0.1) is 37.4 Å². The van der Waals surface area contributed by atoms with Gasteiger partial charge >= 0.3 is 11.7 Å². The van der Waals surface area contributed by atoms with E-state index in [0.717, 1.165) is 13.1 Å². The number of fused-ring (bicyclic) bond motifs is 1. The highest BCUT2D eigenvalue weighted by Gasteiger charge is 2.23. The highest BCUT2D eigenvalue weighted by atomic mass is 35.5. The maximum absolute atomic E-state index is 13.4. The van der Waals surface area contributed by atoms with Gasteiger partial charge in [0.2, 0.25) is 0 Å². The van der Waals surface area contributed by atoms with Crippen molar-refractivity contribution in [2.24, 2.45) is 0 Å². The summed E-state index contributed by atoms with van der Waals surface area (Å²) in [6.07, 6.45) is 0. The first kappa shape index (κ1) is 21.7. The lowest BCUT2D eigenvalue weighted by Crippen LogP contribution is -2.31. The molecule has 0 radical (unpaired) electrons. The minimum absolute atomic E-state index is 0.00138. The van der Waals surface area contributed by atoms with Crippen molar-refractivity contribution in [3.8, 4) is 5.69 Å². The zero-order valence-electron chi connectivity index (χ0n) is 16.0. The molecule has 0 saturated heterocycles. The maximum Gasteiger partial charge on any atom is 0.335 e.